The van der Waals surface area contributed by atoms with Gasteiger partial charge in [0.1, 0.15) is 5.75 Å². The summed E-state index contributed by atoms with van der Waals surface area (Å²) in [5.41, 5.74) is 3.84. The zero-order chi connectivity index (χ0) is 30.9. The lowest BCUT2D eigenvalue weighted by molar-refractivity contribution is -0.274. The van der Waals surface area contributed by atoms with E-state index in [0.29, 0.717) is 0 Å². The van der Waals surface area contributed by atoms with E-state index in [0.717, 1.165) is 59.6 Å². The zero-order valence-corrected chi connectivity index (χ0v) is 24.5. The number of piperidine rings is 1. The van der Waals surface area contributed by atoms with Crippen LogP contribution in [0.4, 0.5) is 24.5 Å². The van der Waals surface area contributed by atoms with Crippen molar-refractivity contribution < 1.29 is 36.2 Å². The number of para-hydroxylation sites is 2. The Morgan fingerprint density at radius 2 is 1.51 bits per heavy atom. The van der Waals surface area contributed by atoms with Crippen molar-refractivity contribution in [3.63, 3.8) is 0 Å². The molecule has 5 rings (SSSR count). The van der Waals surface area contributed by atoms with Crippen LogP contribution in [0.1, 0.15) is 11.1 Å². The number of hydrogen-bond acceptors (Lipinski definition) is 7. The Bertz CT molecular complexity index is 1520. The molecule has 230 valence electrons. The molecule has 0 saturated carbocycles. The third-order valence-corrected chi connectivity index (χ3v) is 9.11. The first-order valence-electron chi connectivity index (χ1n) is 13.8. The van der Waals surface area contributed by atoms with Crippen molar-refractivity contribution in [3.05, 3.63) is 83.9 Å². The van der Waals surface area contributed by atoms with E-state index in [-0.39, 0.29) is 30.4 Å². The molecule has 2 N–H and O–H groups in total. The predicted octanol–water partition coefficient (Wildman–Crippen LogP) is 3.30. The minimum atomic E-state index is -4.92. The number of carbonyl (C=O) groups excluding carboxylic acids is 1. The van der Waals surface area contributed by atoms with E-state index in [4.69, 9.17) is 0 Å². The van der Waals surface area contributed by atoms with Crippen LogP contribution in [0.3, 0.4) is 0 Å². The summed E-state index contributed by atoms with van der Waals surface area (Å²) in [4.78, 5) is 18.3. The number of alkyl halides is 3. The second-order valence-electron chi connectivity index (χ2n) is 11.0. The van der Waals surface area contributed by atoms with Gasteiger partial charge < -0.3 is 24.5 Å². The molecule has 1 saturated heterocycles. The largest absolute Gasteiger partial charge is 0.573 e. The lowest BCUT2D eigenvalue weighted by atomic mass is 9.94. The molecule has 2 heterocycles. The number of aliphatic hydroxyl groups excluding tert-OH is 1. The van der Waals surface area contributed by atoms with Crippen LogP contribution in [0, 0.1) is 0 Å². The topological polar surface area (TPSA) is 102 Å². The molecule has 9 nitrogen and oxygen atoms in total. The van der Waals surface area contributed by atoms with E-state index in [1.807, 2.05) is 53.4 Å². The van der Waals surface area contributed by atoms with Gasteiger partial charge in [0.25, 0.3) is 0 Å². The first-order valence-corrected chi connectivity index (χ1v) is 15.2. The Labute approximate surface area is 248 Å². The molecule has 0 radical (unpaired) electrons. The van der Waals surface area contributed by atoms with Crippen LogP contribution in [0.15, 0.2) is 77.7 Å². The molecule has 1 unspecified atom stereocenters. The summed E-state index contributed by atoms with van der Waals surface area (Å²) in [7, 11) is -0.818. The standard InChI is InChI=1S/C30H33F3N4O5S/c1-35(2)19-28(38)36-17-24(34-43(40,41)23-15-13-22(14-16-23)42-30(31,32)33)29(39)27(18-36)37-25-9-5-3-7-20(25)11-12-21-8-4-6-10-26(21)37/h3-10,13-16,24,27,29,34,39H,11-12,17-19H2,1-2H3/t24-,27?,29+/m1/s1. The van der Waals surface area contributed by atoms with Gasteiger partial charge in [-0.05, 0) is 74.5 Å². The fraction of sp³-hybridized carbons (Fsp3) is 0.367. The van der Waals surface area contributed by atoms with Gasteiger partial charge in [0.05, 0.1) is 29.6 Å². The molecule has 0 bridgehead atoms. The number of carbonyl (C=O) groups is 1. The molecule has 43 heavy (non-hydrogen) atoms. The number of halogens is 3. The van der Waals surface area contributed by atoms with Crippen molar-refractivity contribution in [2.45, 2.75) is 42.3 Å². The summed E-state index contributed by atoms with van der Waals surface area (Å²) in [5.74, 6) is -0.806. The second kappa shape index (κ2) is 12.2. The molecule has 2 aliphatic rings. The van der Waals surface area contributed by atoms with Crippen molar-refractivity contribution in [2.75, 3.05) is 38.6 Å². The number of likely N-dealkylation sites (N-methyl/N-ethyl adjacent to an activating group) is 1. The highest BCUT2D eigenvalue weighted by Crippen LogP contribution is 2.39. The van der Waals surface area contributed by atoms with Crippen LogP contribution in [0.25, 0.3) is 0 Å². The molecule has 0 aromatic heterocycles. The average Bonchev–Trinajstić information content (AvgIpc) is 3.10. The van der Waals surface area contributed by atoms with Crippen molar-refractivity contribution in [2.24, 2.45) is 0 Å². The molecular formula is C30H33F3N4O5S. The number of hydrogen-bond donors (Lipinski definition) is 2. The molecule has 0 aliphatic carbocycles. The number of benzene rings is 3. The van der Waals surface area contributed by atoms with Gasteiger partial charge in [-0.25, -0.2) is 13.1 Å². The lowest BCUT2D eigenvalue weighted by Crippen LogP contribution is -2.66. The molecule has 3 aromatic carbocycles. The highest BCUT2D eigenvalue weighted by molar-refractivity contribution is 7.89. The van der Waals surface area contributed by atoms with Crippen LogP contribution in [0.2, 0.25) is 0 Å². The number of nitrogens with zero attached hydrogens (tertiary/aromatic N) is 3. The molecule has 1 fully saturated rings. The highest BCUT2D eigenvalue weighted by atomic mass is 32.2. The van der Waals surface area contributed by atoms with Crippen molar-refractivity contribution in [1.82, 2.24) is 14.5 Å². The van der Waals surface area contributed by atoms with Crippen LogP contribution in [-0.4, -0.2) is 87.5 Å². The summed E-state index contributed by atoms with van der Waals surface area (Å²) in [6, 6.07) is 17.6. The Morgan fingerprint density at radius 1 is 0.953 bits per heavy atom. The second-order valence-corrected chi connectivity index (χ2v) is 12.7. The molecule has 1 amide bonds. The lowest BCUT2D eigenvalue weighted by Gasteiger charge is -2.47. The van der Waals surface area contributed by atoms with Gasteiger partial charge in [-0.2, -0.15) is 0 Å². The Kier molecular flexibility index (Phi) is 8.70. The maximum atomic E-state index is 13.4. The first-order chi connectivity index (χ1) is 20.3. The normalized spacial score (nSPS) is 20.8. The number of aryl methyl sites for hydroxylation is 2. The molecule has 3 atom stereocenters. The van der Waals surface area contributed by atoms with Gasteiger partial charge in [-0.3, -0.25) is 4.79 Å². The van der Waals surface area contributed by atoms with Crippen LogP contribution >= 0.6 is 0 Å². The number of ether oxygens (including phenoxy) is 1. The average molecular weight is 619 g/mol. The van der Waals surface area contributed by atoms with Gasteiger partial charge in [0.2, 0.25) is 15.9 Å². The maximum Gasteiger partial charge on any atom is 0.573 e. The minimum absolute atomic E-state index is 0.0795. The zero-order valence-electron chi connectivity index (χ0n) is 23.7. The third-order valence-electron chi connectivity index (χ3n) is 7.61. The number of anilines is 2. The molecule has 2 aliphatic heterocycles. The molecular weight excluding hydrogens is 585 g/mol. The summed E-state index contributed by atoms with van der Waals surface area (Å²) >= 11 is 0. The Balaban J connectivity index is 1.51. The van der Waals surface area contributed by atoms with Gasteiger partial charge in [0, 0.05) is 24.5 Å². The van der Waals surface area contributed by atoms with Crippen molar-refractivity contribution in [1.29, 1.82) is 0 Å². The number of likely N-dealkylation sites (tertiary alicyclic amines) is 1. The summed E-state index contributed by atoms with van der Waals surface area (Å²) < 4.78 is 71.0. The van der Waals surface area contributed by atoms with Crippen LogP contribution in [-0.2, 0) is 27.7 Å². The molecule has 0 spiro atoms. The van der Waals surface area contributed by atoms with Gasteiger partial charge in [0.15, 0.2) is 0 Å². The van der Waals surface area contributed by atoms with Gasteiger partial charge in [-0.1, -0.05) is 36.4 Å². The summed E-state index contributed by atoms with van der Waals surface area (Å²) in [6.07, 6.45) is -4.66. The Morgan fingerprint density at radius 3 is 2.05 bits per heavy atom. The fourth-order valence-electron chi connectivity index (χ4n) is 5.70. The monoisotopic (exact) mass is 618 g/mol. The maximum absolute atomic E-state index is 13.4. The number of fused-ring (bicyclic) bond motifs is 2. The van der Waals surface area contributed by atoms with E-state index >= 15 is 0 Å². The number of sulfonamides is 1. The number of aliphatic hydroxyl groups is 1. The molecule has 3 aromatic rings. The number of rotatable bonds is 7. The minimum Gasteiger partial charge on any atom is -0.406 e. The summed E-state index contributed by atoms with van der Waals surface area (Å²) in [6.45, 7) is 0.115. The van der Waals surface area contributed by atoms with Gasteiger partial charge >= 0.3 is 6.36 Å². The smallest absolute Gasteiger partial charge is 0.406 e. The SMILES string of the molecule is CN(C)CC(=O)N1CC(N2c3ccccc3CCc3ccccc32)[C@@H](O)[C@H](NS(=O)(=O)c2ccc(OC(F)(F)F)cc2)C1. The van der Waals surface area contributed by atoms with E-state index in [9.17, 15) is 31.5 Å². The summed E-state index contributed by atoms with van der Waals surface area (Å²) in [5, 5.41) is 11.8. The van der Waals surface area contributed by atoms with E-state index in [1.54, 1.807) is 23.9 Å². The van der Waals surface area contributed by atoms with E-state index in [1.165, 1.54) is 0 Å². The van der Waals surface area contributed by atoms with Crippen molar-refractivity contribution in [3.8, 4) is 5.75 Å². The van der Waals surface area contributed by atoms with Gasteiger partial charge in [-0.15, -0.1) is 13.2 Å². The Hall–Kier alpha value is -3.65. The quantitative estimate of drug-likeness (QED) is 0.419. The first kappa shape index (κ1) is 30.8. The number of amides is 1. The van der Waals surface area contributed by atoms with Crippen LogP contribution < -0.4 is 14.4 Å². The predicted molar refractivity (Wildman–Crippen MR) is 155 cm³/mol. The highest BCUT2D eigenvalue weighted by Gasteiger charge is 2.44. The fourth-order valence-corrected chi connectivity index (χ4v) is 6.94. The van der Waals surface area contributed by atoms with Crippen molar-refractivity contribution >= 4 is 27.3 Å². The van der Waals surface area contributed by atoms with E-state index in [2.05, 4.69) is 9.46 Å². The molecule has 13 heteroatoms. The van der Waals surface area contributed by atoms with E-state index < -0.39 is 40.3 Å². The van der Waals surface area contributed by atoms with Crippen LogP contribution in [0.5, 0.6) is 5.75 Å². The third kappa shape index (κ3) is 6.96. The number of nitrogens with one attached hydrogen (secondary N) is 1.